The Bertz CT molecular complexity index is 1440. The zero-order chi connectivity index (χ0) is 33.1. The fourth-order valence-electron chi connectivity index (χ4n) is 2.77. The molecule has 44 heavy (non-hydrogen) atoms. The van der Waals surface area contributed by atoms with Gasteiger partial charge < -0.3 is 19.7 Å². The molecule has 0 bridgehead atoms. The molecule has 0 saturated heterocycles. The zero-order valence-corrected chi connectivity index (χ0v) is 30.2. The van der Waals surface area contributed by atoms with Crippen LogP contribution in [-0.2, 0) is 38.0 Å². The number of pyridine rings is 4. The second-order valence-corrected chi connectivity index (χ2v) is 29.9. The van der Waals surface area contributed by atoms with Gasteiger partial charge in [-0.25, -0.2) is 9.59 Å². The zero-order valence-electron chi connectivity index (χ0n) is 21.1. The van der Waals surface area contributed by atoms with Crippen molar-refractivity contribution in [2.75, 3.05) is 0 Å². The second-order valence-electron chi connectivity index (χ2n) is 6.97. The van der Waals surface area contributed by atoms with Crippen LogP contribution in [0.5, 0.6) is 11.5 Å². The van der Waals surface area contributed by atoms with Crippen LogP contribution in [0.25, 0.3) is 22.8 Å². The van der Waals surface area contributed by atoms with Crippen LogP contribution in [0.4, 0.5) is 0 Å². The Morgan fingerprint density at radius 2 is 0.909 bits per heavy atom. The predicted octanol–water partition coefficient (Wildman–Crippen LogP) is 6.89. The van der Waals surface area contributed by atoms with Gasteiger partial charge in [-0.2, -0.15) is 0 Å². The molecule has 2 N–H and O–H groups in total. The minimum absolute atomic E-state index is 0.114. The van der Waals surface area contributed by atoms with Gasteiger partial charge in [-0.05, 0) is 36.4 Å². The Morgan fingerprint density at radius 1 is 0.636 bits per heavy atom. The molecule has 0 aliphatic carbocycles. The molecule has 0 spiro atoms. The summed E-state index contributed by atoms with van der Waals surface area (Å²) in [5, 5.41) is 17.8. The minimum atomic E-state index is -3.06. The molecule has 4 heterocycles. The summed E-state index contributed by atoms with van der Waals surface area (Å²) in [6, 6.07) is 11.6. The van der Waals surface area contributed by atoms with E-state index in [4.69, 9.17) is 66.7 Å². The first-order chi connectivity index (χ1) is 20.8. The number of nitrogens with zero attached hydrogens (tertiary/aromatic N) is 4. The Hall–Kier alpha value is -2.40. The van der Waals surface area contributed by atoms with Gasteiger partial charge in [-0.3, -0.25) is 29.5 Å². The van der Waals surface area contributed by atoms with Crippen molar-refractivity contribution >= 4 is 81.4 Å². The Kier molecular flexibility index (Phi) is 19.2. The normalized spacial score (nSPS) is 10.2. The summed E-state index contributed by atoms with van der Waals surface area (Å²) in [6.45, 7) is 0.612. The molecule has 0 amide bonds. The van der Waals surface area contributed by atoms with E-state index in [1.54, 1.807) is 0 Å². The number of hydrogen-bond donors (Lipinski definition) is 2. The van der Waals surface area contributed by atoms with Crippen LogP contribution in [0.1, 0.15) is 20.7 Å². The topological polar surface area (TPSA) is 179 Å². The van der Waals surface area contributed by atoms with Gasteiger partial charge in [0.1, 0.15) is 11.5 Å². The number of hydrogen-bond acceptors (Lipinski definition) is 10. The first kappa shape index (κ1) is 39.6. The van der Waals surface area contributed by atoms with Gasteiger partial charge in [0.25, 0.3) is 12.9 Å². The van der Waals surface area contributed by atoms with Gasteiger partial charge in [0, 0.05) is 36.9 Å². The molecular weight excluding hydrogens is 1080 g/mol. The molecular formula is C24H16Cl6N4O8Pt2. The number of aromatic nitrogens is 4. The van der Waals surface area contributed by atoms with Gasteiger partial charge in [0.15, 0.2) is 0 Å². The van der Waals surface area contributed by atoms with Crippen molar-refractivity contribution < 1.29 is 67.2 Å². The summed E-state index contributed by atoms with van der Waals surface area (Å²) < 4.78 is 9.36. The molecule has 4 aromatic heterocycles. The van der Waals surface area contributed by atoms with Crippen molar-refractivity contribution in [3.05, 3.63) is 84.4 Å². The summed E-state index contributed by atoms with van der Waals surface area (Å²) in [5.74, 6) is -1.45. The Balaban J connectivity index is 0.000000355. The molecule has 0 saturated carbocycles. The van der Waals surface area contributed by atoms with Gasteiger partial charge in [-0.1, -0.05) is 0 Å². The van der Waals surface area contributed by atoms with E-state index in [0.717, 1.165) is 0 Å². The molecule has 242 valence electrons. The van der Waals surface area contributed by atoms with E-state index in [1.807, 2.05) is 0 Å². The van der Waals surface area contributed by atoms with E-state index in [-0.39, 0.29) is 11.1 Å². The van der Waals surface area contributed by atoms with Crippen LogP contribution in [0.2, 0.25) is 0 Å². The third-order valence-electron chi connectivity index (χ3n) is 4.37. The molecule has 0 aliphatic rings. The number of rotatable bonds is 8. The standard InChI is InChI=1S/2C12H8N2O4.6ClH.2Pt/c2*15-7-18-9-2-4-14-11(6-9)10-5-8(12(16)17)1-3-13-10;;;;;;;;/h2*1-7H,(H,16,17);6*1H;;/q;;;;;;;;+2;+4/p-6. The average molecular weight is 1090 g/mol. The molecule has 0 aromatic carbocycles. The summed E-state index contributed by atoms with van der Waals surface area (Å²) in [6.07, 6.45) is 5.66. The average Bonchev–Trinajstić information content (AvgIpc) is 2.98. The molecule has 4 aromatic rings. The molecule has 0 radical (unpaired) electrons. The summed E-state index contributed by atoms with van der Waals surface area (Å²) in [4.78, 5) is 58.3. The molecule has 12 nitrogen and oxygen atoms in total. The number of halogens is 6. The van der Waals surface area contributed by atoms with E-state index in [2.05, 4.69) is 29.4 Å². The van der Waals surface area contributed by atoms with Crippen molar-refractivity contribution in [2.45, 2.75) is 0 Å². The monoisotopic (exact) mass is 1090 g/mol. The van der Waals surface area contributed by atoms with Crippen LogP contribution < -0.4 is 9.47 Å². The molecule has 0 unspecified atom stereocenters. The third kappa shape index (κ3) is 16.6. The quantitative estimate of drug-likeness (QED) is 0.175. The number of carbonyl (C=O) groups is 4. The van der Waals surface area contributed by atoms with Crippen molar-refractivity contribution in [1.82, 2.24) is 19.9 Å². The Labute approximate surface area is 284 Å². The van der Waals surface area contributed by atoms with Gasteiger partial charge >= 0.3 is 96.8 Å². The predicted molar refractivity (Wildman–Crippen MR) is 157 cm³/mol. The van der Waals surface area contributed by atoms with Crippen molar-refractivity contribution in [2.24, 2.45) is 0 Å². The van der Waals surface area contributed by atoms with Crippen molar-refractivity contribution in [1.29, 1.82) is 0 Å². The number of aromatic carboxylic acids is 2. The van der Waals surface area contributed by atoms with Crippen molar-refractivity contribution in [3.63, 3.8) is 0 Å². The fourth-order valence-corrected chi connectivity index (χ4v) is 2.77. The summed E-state index contributed by atoms with van der Waals surface area (Å²) in [7, 11) is 29.8. The number of ether oxygens (including phenoxy) is 2. The molecule has 4 rings (SSSR count). The van der Waals surface area contributed by atoms with E-state index >= 15 is 0 Å². The SMILES string of the molecule is O=COc1ccnc(-c2cc(C(=O)O)ccn2)c1.O=COc1ccnc(-c2cc(C(=O)O)ccn2)c1.[Cl][Pt]([Cl])([Cl])[Cl].[Cl][Pt][Cl]. The van der Waals surface area contributed by atoms with Crippen LogP contribution >= 0.6 is 56.5 Å². The third-order valence-corrected chi connectivity index (χ3v) is 4.37. The van der Waals surface area contributed by atoms with Crippen LogP contribution in [0, 0.1) is 0 Å². The maximum absolute atomic E-state index is 10.8. The molecule has 0 fully saturated rings. The molecule has 20 heteroatoms. The van der Waals surface area contributed by atoms with Crippen molar-refractivity contribution in [3.8, 4) is 34.3 Å². The van der Waals surface area contributed by atoms with E-state index < -0.39 is 40.3 Å². The maximum atomic E-state index is 10.8. The van der Waals surface area contributed by atoms with E-state index in [9.17, 15) is 19.2 Å². The van der Waals surface area contributed by atoms with Gasteiger partial charge in [0.05, 0.1) is 33.9 Å². The van der Waals surface area contributed by atoms with Gasteiger partial charge in [-0.15, -0.1) is 0 Å². The molecule has 0 atom stereocenters. The fraction of sp³-hybridized carbons (Fsp3) is 0. The Morgan fingerprint density at radius 3 is 1.18 bits per heavy atom. The van der Waals surface area contributed by atoms with Crippen LogP contribution in [0.3, 0.4) is 0 Å². The summed E-state index contributed by atoms with van der Waals surface area (Å²) >= 11 is -3.53. The number of carboxylic acid groups (broad SMARTS) is 2. The van der Waals surface area contributed by atoms with E-state index in [0.29, 0.717) is 47.2 Å². The summed E-state index contributed by atoms with van der Waals surface area (Å²) in [5.41, 5.74) is 1.87. The van der Waals surface area contributed by atoms with E-state index in [1.165, 1.54) is 73.3 Å². The van der Waals surface area contributed by atoms with Crippen LogP contribution in [-0.4, -0.2) is 55.0 Å². The van der Waals surface area contributed by atoms with Crippen LogP contribution in [0.15, 0.2) is 73.3 Å². The molecule has 0 aliphatic heterocycles. The first-order valence-electron chi connectivity index (χ1n) is 10.6. The number of carbonyl (C=O) groups excluding carboxylic acids is 2. The number of carboxylic acids is 2. The second kappa shape index (κ2) is 21.4. The first-order valence-corrected chi connectivity index (χ1v) is 27.5. The van der Waals surface area contributed by atoms with Gasteiger partial charge in [0.2, 0.25) is 0 Å².